The molecule has 1 amide bonds. The monoisotopic (exact) mass is 319 g/mol. The lowest BCUT2D eigenvalue weighted by Crippen LogP contribution is -2.48. The molecule has 0 radical (unpaired) electrons. The fraction of sp³-hybridized carbons (Fsp3) is 0.778. The van der Waals surface area contributed by atoms with E-state index in [1.54, 1.807) is 0 Å². The fourth-order valence-electron chi connectivity index (χ4n) is 4.14. The van der Waals surface area contributed by atoms with Crippen molar-refractivity contribution in [1.82, 2.24) is 14.7 Å². The van der Waals surface area contributed by atoms with Crippen LogP contribution in [0, 0.1) is 11.8 Å². The SMILES string of the molecule is CC(C)[C@@H]1OCCC[C@H]1C(=O)N1CCC(c2ccnn2C)CC1. The zero-order chi connectivity index (χ0) is 16.4. The van der Waals surface area contributed by atoms with Crippen LogP contribution in [0.4, 0.5) is 0 Å². The number of hydrogen-bond acceptors (Lipinski definition) is 3. The van der Waals surface area contributed by atoms with E-state index in [1.807, 2.05) is 17.9 Å². The quantitative estimate of drug-likeness (QED) is 0.860. The van der Waals surface area contributed by atoms with Crippen LogP contribution in [0.3, 0.4) is 0 Å². The molecule has 1 aromatic heterocycles. The van der Waals surface area contributed by atoms with Crippen molar-refractivity contribution in [3.05, 3.63) is 18.0 Å². The van der Waals surface area contributed by atoms with Gasteiger partial charge in [0.25, 0.3) is 0 Å². The molecular formula is C18H29N3O2. The first-order chi connectivity index (χ1) is 11.1. The Morgan fingerprint density at radius 3 is 2.65 bits per heavy atom. The largest absolute Gasteiger partial charge is 0.377 e. The molecule has 0 aromatic carbocycles. The summed E-state index contributed by atoms with van der Waals surface area (Å²) in [6.07, 6.45) is 6.00. The lowest BCUT2D eigenvalue weighted by atomic mass is 9.85. The van der Waals surface area contributed by atoms with E-state index in [4.69, 9.17) is 4.74 Å². The Morgan fingerprint density at radius 1 is 1.30 bits per heavy atom. The number of amides is 1. The summed E-state index contributed by atoms with van der Waals surface area (Å²) in [6.45, 7) is 6.83. The summed E-state index contributed by atoms with van der Waals surface area (Å²) in [6, 6.07) is 2.10. The Kier molecular flexibility index (Phi) is 5.05. The molecule has 5 nitrogen and oxygen atoms in total. The van der Waals surface area contributed by atoms with Crippen LogP contribution in [0.5, 0.6) is 0 Å². The molecule has 0 spiro atoms. The van der Waals surface area contributed by atoms with E-state index < -0.39 is 0 Å². The highest BCUT2D eigenvalue weighted by Gasteiger charge is 2.37. The summed E-state index contributed by atoms with van der Waals surface area (Å²) in [7, 11) is 2.00. The summed E-state index contributed by atoms with van der Waals surface area (Å²) in [4.78, 5) is 15.0. The maximum absolute atomic E-state index is 13.0. The van der Waals surface area contributed by atoms with Gasteiger partial charge in [-0.15, -0.1) is 0 Å². The second-order valence-electron chi connectivity index (χ2n) is 7.31. The number of carbonyl (C=O) groups excluding carboxylic acids is 1. The van der Waals surface area contributed by atoms with Gasteiger partial charge in [-0.1, -0.05) is 13.8 Å². The van der Waals surface area contributed by atoms with Crippen LogP contribution in [0.15, 0.2) is 12.3 Å². The van der Waals surface area contributed by atoms with Crippen LogP contribution < -0.4 is 0 Å². The van der Waals surface area contributed by atoms with E-state index in [0.29, 0.717) is 17.7 Å². The summed E-state index contributed by atoms with van der Waals surface area (Å²) in [5, 5.41) is 4.27. The summed E-state index contributed by atoms with van der Waals surface area (Å²) in [5.74, 6) is 1.29. The van der Waals surface area contributed by atoms with E-state index in [0.717, 1.165) is 45.4 Å². The van der Waals surface area contributed by atoms with Crippen LogP contribution in [0.25, 0.3) is 0 Å². The van der Waals surface area contributed by atoms with Gasteiger partial charge in [-0.2, -0.15) is 5.10 Å². The Balaban J connectivity index is 1.60. The number of ether oxygens (including phenoxy) is 1. The van der Waals surface area contributed by atoms with Gasteiger partial charge in [0.05, 0.1) is 12.0 Å². The number of aryl methyl sites for hydroxylation is 1. The smallest absolute Gasteiger partial charge is 0.228 e. The number of nitrogens with zero attached hydrogens (tertiary/aromatic N) is 3. The minimum Gasteiger partial charge on any atom is -0.377 e. The Morgan fingerprint density at radius 2 is 2.04 bits per heavy atom. The van der Waals surface area contributed by atoms with Gasteiger partial charge in [-0.05, 0) is 37.7 Å². The highest BCUT2D eigenvalue weighted by Crippen LogP contribution is 2.32. The van der Waals surface area contributed by atoms with Crippen LogP contribution in [-0.2, 0) is 16.6 Å². The molecule has 23 heavy (non-hydrogen) atoms. The average Bonchev–Trinajstić information content (AvgIpc) is 3.00. The zero-order valence-electron chi connectivity index (χ0n) is 14.6. The normalized spacial score (nSPS) is 26.7. The van der Waals surface area contributed by atoms with Crippen molar-refractivity contribution < 1.29 is 9.53 Å². The van der Waals surface area contributed by atoms with Gasteiger partial charge in [-0.3, -0.25) is 9.48 Å². The first-order valence-electron chi connectivity index (χ1n) is 8.96. The Labute approximate surface area is 139 Å². The van der Waals surface area contributed by atoms with Gasteiger partial charge in [0.1, 0.15) is 0 Å². The fourth-order valence-corrected chi connectivity index (χ4v) is 4.14. The molecule has 0 aliphatic carbocycles. The topological polar surface area (TPSA) is 47.4 Å². The standard InChI is InChI=1S/C18H29N3O2/c1-13(2)17-15(5-4-12-23-17)18(22)21-10-7-14(8-11-21)16-6-9-19-20(16)3/h6,9,13-15,17H,4-5,7-8,10-12H2,1-3H3/t15-,17+/m1/s1. The molecule has 2 atom stereocenters. The van der Waals surface area contributed by atoms with Crippen molar-refractivity contribution in [3.8, 4) is 0 Å². The molecule has 0 saturated carbocycles. The predicted octanol–water partition coefficient (Wildman–Crippen LogP) is 2.58. The molecule has 2 aliphatic rings. The van der Waals surface area contributed by atoms with Crippen LogP contribution >= 0.6 is 0 Å². The molecule has 2 fully saturated rings. The van der Waals surface area contributed by atoms with Crippen molar-refractivity contribution in [3.63, 3.8) is 0 Å². The van der Waals surface area contributed by atoms with Crippen molar-refractivity contribution in [2.75, 3.05) is 19.7 Å². The summed E-state index contributed by atoms with van der Waals surface area (Å²) < 4.78 is 7.86. The molecule has 128 valence electrons. The number of likely N-dealkylation sites (tertiary alicyclic amines) is 1. The van der Waals surface area contributed by atoms with Gasteiger partial charge in [0, 0.05) is 44.6 Å². The Bertz CT molecular complexity index is 532. The highest BCUT2D eigenvalue weighted by atomic mass is 16.5. The van der Waals surface area contributed by atoms with E-state index in [1.165, 1.54) is 5.69 Å². The maximum atomic E-state index is 13.0. The second kappa shape index (κ2) is 7.04. The number of carbonyl (C=O) groups is 1. The molecule has 1 aromatic rings. The van der Waals surface area contributed by atoms with Gasteiger partial charge in [0.15, 0.2) is 0 Å². The molecular weight excluding hydrogens is 290 g/mol. The van der Waals surface area contributed by atoms with E-state index in [-0.39, 0.29) is 12.0 Å². The van der Waals surface area contributed by atoms with Crippen molar-refractivity contribution in [2.45, 2.75) is 51.6 Å². The lowest BCUT2D eigenvalue weighted by Gasteiger charge is -2.39. The zero-order valence-corrected chi connectivity index (χ0v) is 14.6. The number of hydrogen-bond donors (Lipinski definition) is 0. The molecule has 2 aliphatic heterocycles. The van der Waals surface area contributed by atoms with Gasteiger partial charge >= 0.3 is 0 Å². The third kappa shape index (κ3) is 3.44. The third-order valence-corrected chi connectivity index (χ3v) is 5.42. The summed E-state index contributed by atoms with van der Waals surface area (Å²) in [5.41, 5.74) is 1.29. The lowest BCUT2D eigenvalue weighted by molar-refractivity contribution is -0.148. The van der Waals surface area contributed by atoms with E-state index in [9.17, 15) is 4.79 Å². The van der Waals surface area contributed by atoms with E-state index >= 15 is 0 Å². The number of rotatable bonds is 3. The maximum Gasteiger partial charge on any atom is 0.228 e. The third-order valence-electron chi connectivity index (χ3n) is 5.42. The minimum absolute atomic E-state index is 0.0528. The molecule has 0 N–H and O–H groups in total. The van der Waals surface area contributed by atoms with E-state index in [2.05, 4.69) is 29.9 Å². The first-order valence-corrected chi connectivity index (χ1v) is 8.96. The van der Waals surface area contributed by atoms with Crippen molar-refractivity contribution >= 4 is 5.91 Å². The van der Waals surface area contributed by atoms with Gasteiger partial charge < -0.3 is 9.64 Å². The molecule has 0 unspecified atom stereocenters. The number of piperidine rings is 1. The summed E-state index contributed by atoms with van der Waals surface area (Å²) >= 11 is 0. The number of aromatic nitrogens is 2. The van der Waals surface area contributed by atoms with Crippen LogP contribution in [0.2, 0.25) is 0 Å². The molecule has 2 saturated heterocycles. The second-order valence-corrected chi connectivity index (χ2v) is 7.31. The molecule has 3 rings (SSSR count). The van der Waals surface area contributed by atoms with Crippen molar-refractivity contribution in [2.24, 2.45) is 18.9 Å². The average molecular weight is 319 g/mol. The predicted molar refractivity (Wildman–Crippen MR) is 89.1 cm³/mol. The molecule has 5 heteroatoms. The van der Waals surface area contributed by atoms with Crippen LogP contribution in [-0.4, -0.2) is 46.4 Å². The van der Waals surface area contributed by atoms with Crippen LogP contribution in [0.1, 0.15) is 51.1 Å². The van der Waals surface area contributed by atoms with Gasteiger partial charge in [0.2, 0.25) is 5.91 Å². The highest BCUT2D eigenvalue weighted by molar-refractivity contribution is 5.79. The molecule has 3 heterocycles. The first kappa shape index (κ1) is 16.5. The van der Waals surface area contributed by atoms with Crippen molar-refractivity contribution in [1.29, 1.82) is 0 Å². The molecule has 0 bridgehead atoms. The minimum atomic E-state index is 0.0528. The Hall–Kier alpha value is -1.36. The van der Waals surface area contributed by atoms with Gasteiger partial charge in [-0.25, -0.2) is 0 Å².